The molecule has 2 aromatic rings. The van der Waals surface area contributed by atoms with Gasteiger partial charge in [0.05, 0.1) is 24.4 Å². The molecule has 0 bridgehead atoms. The Labute approximate surface area is 179 Å². The van der Waals surface area contributed by atoms with Gasteiger partial charge in [-0.05, 0) is 31.2 Å². The minimum Gasteiger partial charge on any atom is -0.394 e. The number of likely N-dealkylation sites (N-methyl/N-ethyl adjacent to an activating group) is 1. The molecule has 3 rings (SSSR count). The number of ether oxygens (including phenoxy) is 1. The number of nitrogens with one attached hydrogen (secondary N) is 2. The van der Waals surface area contributed by atoms with E-state index in [4.69, 9.17) is 4.74 Å². The monoisotopic (exact) mass is 435 g/mol. The van der Waals surface area contributed by atoms with Gasteiger partial charge in [0.25, 0.3) is 0 Å². The molecule has 168 valence electrons. The minimum atomic E-state index is -0.935. The lowest BCUT2D eigenvalue weighted by molar-refractivity contribution is -0.0205. The van der Waals surface area contributed by atoms with Crippen molar-refractivity contribution in [1.29, 1.82) is 0 Å². The number of nitrogens with zero attached hydrogens (tertiary/aromatic N) is 1. The Kier molecular flexibility index (Phi) is 7.91. The molecule has 1 saturated heterocycles. The second kappa shape index (κ2) is 10.6. The minimum absolute atomic E-state index is 0.0303. The summed E-state index contributed by atoms with van der Waals surface area (Å²) in [6, 6.07) is 11.6. The molecule has 0 spiro atoms. The second-order valence-electron chi connectivity index (χ2n) is 7.55. The number of halogens is 2. The molecule has 9 heteroatoms. The second-order valence-corrected chi connectivity index (χ2v) is 7.55. The smallest absolute Gasteiger partial charge is 0.319 e. The molecule has 0 radical (unpaired) electrons. The molecule has 1 fully saturated rings. The van der Waals surface area contributed by atoms with E-state index < -0.39 is 42.0 Å². The first-order valence-corrected chi connectivity index (χ1v) is 10.1. The number of anilines is 1. The highest BCUT2D eigenvalue weighted by molar-refractivity contribution is 5.89. The number of aliphatic hydroxyl groups excluding tert-OH is 2. The van der Waals surface area contributed by atoms with E-state index in [1.165, 1.54) is 0 Å². The number of aliphatic hydroxyl groups is 2. The van der Waals surface area contributed by atoms with Gasteiger partial charge in [-0.15, -0.1) is 0 Å². The van der Waals surface area contributed by atoms with Crippen LogP contribution in [0.1, 0.15) is 5.56 Å². The number of urea groups is 1. The van der Waals surface area contributed by atoms with Crippen LogP contribution in [0.2, 0.25) is 0 Å². The Hall–Kier alpha value is -2.59. The van der Waals surface area contributed by atoms with Crippen molar-refractivity contribution in [2.45, 2.75) is 30.8 Å². The zero-order valence-corrected chi connectivity index (χ0v) is 17.2. The Morgan fingerprint density at radius 2 is 1.90 bits per heavy atom. The molecule has 1 heterocycles. The van der Waals surface area contributed by atoms with Crippen LogP contribution in [0.3, 0.4) is 0 Å². The third kappa shape index (κ3) is 5.98. The van der Waals surface area contributed by atoms with Gasteiger partial charge < -0.3 is 25.6 Å². The first-order valence-electron chi connectivity index (χ1n) is 10.1. The van der Waals surface area contributed by atoms with E-state index in [0.717, 1.165) is 24.1 Å². The number of amides is 2. The highest BCUT2D eigenvalue weighted by atomic mass is 19.1. The molecule has 2 aromatic carbocycles. The zero-order chi connectivity index (χ0) is 22.4. The fraction of sp³-hybridized carbons (Fsp3) is 0.409. The fourth-order valence-electron chi connectivity index (χ4n) is 3.74. The highest BCUT2D eigenvalue weighted by Crippen LogP contribution is 2.25. The molecule has 7 nitrogen and oxygen atoms in total. The van der Waals surface area contributed by atoms with E-state index in [2.05, 4.69) is 10.6 Å². The summed E-state index contributed by atoms with van der Waals surface area (Å²) in [6.07, 6.45) is -1.53. The summed E-state index contributed by atoms with van der Waals surface area (Å²) in [7, 11) is 1.85. The van der Waals surface area contributed by atoms with Crippen molar-refractivity contribution >= 4 is 11.7 Å². The van der Waals surface area contributed by atoms with Crippen LogP contribution in [-0.4, -0.2) is 72.2 Å². The predicted octanol–water partition coefficient (Wildman–Crippen LogP) is 1.75. The van der Waals surface area contributed by atoms with Crippen LogP contribution in [0.4, 0.5) is 19.3 Å². The molecular formula is C22H27F2N3O4. The molecule has 4 atom stereocenters. The normalized spacial score (nSPS) is 23.2. The number of carbonyl (C=O) groups excluding carboxylic acids is 1. The van der Waals surface area contributed by atoms with Crippen molar-refractivity contribution in [2.24, 2.45) is 0 Å². The van der Waals surface area contributed by atoms with Gasteiger partial charge in [0.1, 0.15) is 23.8 Å². The summed E-state index contributed by atoms with van der Waals surface area (Å²) in [5, 5.41) is 25.0. The van der Waals surface area contributed by atoms with Crippen LogP contribution in [0, 0.1) is 11.6 Å². The Morgan fingerprint density at radius 3 is 2.58 bits per heavy atom. The molecular weight excluding hydrogens is 408 g/mol. The van der Waals surface area contributed by atoms with Crippen molar-refractivity contribution in [1.82, 2.24) is 10.2 Å². The van der Waals surface area contributed by atoms with Gasteiger partial charge in [-0.3, -0.25) is 4.90 Å². The van der Waals surface area contributed by atoms with Crippen molar-refractivity contribution in [3.63, 3.8) is 0 Å². The summed E-state index contributed by atoms with van der Waals surface area (Å²) in [5.74, 6) is -1.63. The highest BCUT2D eigenvalue weighted by Gasteiger charge is 2.45. The van der Waals surface area contributed by atoms with Crippen molar-refractivity contribution < 1.29 is 28.5 Å². The standard InChI is InChI=1S/C22H27F2N3O4/c1-27(10-9-14-5-3-2-4-6-14)20-18(31-19(13-28)21(20)29)12-25-22(30)26-17-8-7-15(23)11-16(17)24/h2-8,11,18-21,28-29H,9-10,12-13H2,1H3,(H2,25,26,30). The first-order chi connectivity index (χ1) is 14.9. The van der Waals surface area contributed by atoms with E-state index in [1.54, 1.807) is 0 Å². The maximum Gasteiger partial charge on any atom is 0.319 e. The van der Waals surface area contributed by atoms with Crippen LogP contribution >= 0.6 is 0 Å². The van der Waals surface area contributed by atoms with Crippen LogP contribution in [0.25, 0.3) is 0 Å². The van der Waals surface area contributed by atoms with Gasteiger partial charge in [0.2, 0.25) is 0 Å². The van der Waals surface area contributed by atoms with Crippen LogP contribution in [0.15, 0.2) is 48.5 Å². The lowest BCUT2D eigenvalue weighted by atomic mass is 10.0. The van der Waals surface area contributed by atoms with Crippen LogP contribution < -0.4 is 10.6 Å². The Balaban J connectivity index is 1.58. The van der Waals surface area contributed by atoms with E-state index in [0.29, 0.717) is 12.6 Å². The maximum absolute atomic E-state index is 13.7. The molecule has 2 amide bonds. The van der Waals surface area contributed by atoms with Crippen molar-refractivity contribution in [3.8, 4) is 0 Å². The number of hydrogen-bond donors (Lipinski definition) is 4. The van der Waals surface area contributed by atoms with Gasteiger partial charge >= 0.3 is 6.03 Å². The maximum atomic E-state index is 13.7. The molecule has 1 aliphatic rings. The van der Waals surface area contributed by atoms with Crippen LogP contribution in [-0.2, 0) is 11.2 Å². The average molecular weight is 435 g/mol. The summed E-state index contributed by atoms with van der Waals surface area (Å²) in [5.41, 5.74) is 0.993. The molecule has 0 saturated carbocycles. The third-order valence-electron chi connectivity index (χ3n) is 5.39. The molecule has 4 N–H and O–H groups in total. The summed E-state index contributed by atoms with van der Waals surface area (Å²) in [6.45, 7) is 0.312. The van der Waals surface area contributed by atoms with Gasteiger partial charge in [-0.1, -0.05) is 30.3 Å². The van der Waals surface area contributed by atoms with E-state index in [9.17, 15) is 23.8 Å². The molecule has 31 heavy (non-hydrogen) atoms. The number of rotatable bonds is 8. The topological polar surface area (TPSA) is 94.1 Å². The third-order valence-corrected chi connectivity index (χ3v) is 5.39. The van der Waals surface area contributed by atoms with Crippen molar-refractivity contribution in [2.75, 3.05) is 32.1 Å². The van der Waals surface area contributed by atoms with Gasteiger partial charge in [0.15, 0.2) is 0 Å². The SMILES string of the molecule is CN(CCc1ccccc1)C1C(CNC(=O)Nc2ccc(F)cc2F)OC(CO)C1O. The summed E-state index contributed by atoms with van der Waals surface area (Å²) < 4.78 is 32.5. The fourth-order valence-corrected chi connectivity index (χ4v) is 3.74. The van der Waals surface area contributed by atoms with E-state index in [1.807, 2.05) is 42.3 Å². The molecule has 0 aliphatic carbocycles. The zero-order valence-electron chi connectivity index (χ0n) is 17.2. The summed E-state index contributed by atoms with van der Waals surface area (Å²) >= 11 is 0. The van der Waals surface area contributed by atoms with Gasteiger partial charge in [-0.2, -0.15) is 0 Å². The van der Waals surface area contributed by atoms with Gasteiger partial charge in [-0.25, -0.2) is 13.6 Å². The van der Waals surface area contributed by atoms with Gasteiger partial charge in [0, 0.05) is 19.2 Å². The lowest BCUT2D eigenvalue weighted by Crippen LogP contribution is -2.50. The molecule has 4 unspecified atom stereocenters. The Morgan fingerprint density at radius 1 is 1.16 bits per heavy atom. The number of carbonyl (C=O) groups is 1. The largest absolute Gasteiger partial charge is 0.394 e. The molecule has 0 aromatic heterocycles. The van der Waals surface area contributed by atoms with Crippen LogP contribution in [0.5, 0.6) is 0 Å². The first kappa shape index (κ1) is 23.1. The van der Waals surface area contributed by atoms with E-state index >= 15 is 0 Å². The Bertz CT molecular complexity index is 871. The predicted molar refractivity (Wildman–Crippen MR) is 112 cm³/mol. The quantitative estimate of drug-likeness (QED) is 0.507. The van der Waals surface area contributed by atoms with E-state index in [-0.39, 0.29) is 18.8 Å². The summed E-state index contributed by atoms with van der Waals surface area (Å²) in [4.78, 5) is 14.1. The number of benzene rings is 2. The number of hydrogen-bond acceptors (Lipinski definition) is 5. The lowest BCUT2D eigenvalue weighted by Gasteiger charge is -2.30. The molecule has 1 aliphatic heterocycles. The van der Waals surface area contributed by atoms with Crippen molar-refractivity contribution in [3.05, 3.63) is 65.7 Å². The average Bonchev–Trinajstić information content (AvgIpc) is 3.08.